The Labute approximate surface area is 185 Å². The SMILES string of the molecule is C[C@@H](CC1CCC(c2ccc(CCc3ccc(F)c(F)c3)cc2)CC1)c1ccccc1. The minimum Gasteiger partial charge on any atom is -0.204 e. The van der Waals surface area contributed by atoms with Crippen LogP contribution in [0.15, 0.2) is 72.8 Å². The third kappa shape index (κ3) is 5.81. The second-order valence-electron chi connectivity index (χ2n) is 9.26. The Balaban J connectivity index is 1.25. The second kappa shape index (κ2) is 10.2. The molecule has 0 radical (unpaired) electrons. The van der Waals surface area contributed by atoms with Gasteiger partial charge in [-0.3, -0.25) is 0 Å². The zero-order valence-corrected chi connectivity index (χ0v) is 18.4. The van der Waals surface area contributed by atoms with Crippen molar-refractivity contribution in [2.75, 3.05) is 0 Å². The molecule has 4 rings (SSSR count). The van der Waals surface area contributed by atoms with Gasteiger partial charge in [-0.15, -0.1) is 0 Å². The van der Waals surface area contributed by atoms with Crippen molar-refractivity contribution in [1.82, 2.24) is 0 Å². The van der Waals surface area contributed by atoms with Gasteiger partial charge in [0, 0.05) is 0 Å². The zero-order chi connectivity index (χ0) is 21.6. The third-order valence-corrected chi connectivity index (χ3v) is 7.04. The highest BCUT2D eigenvalue weighted by molar-refractivity contribution is 5.27. The highest BCUT2D eigenvalue weighted by atomic mass is 19.2. The van der Waals surface area contributed by atoms with Crippen LogP contribution in [-0.2, 0) is 12.8 Å². The summed E-state index contributed by atoms with van der Waals surface area (Å²) in [4.78, 5) is 0. The van der Waals surface area contributed by atoms with E-state index in [9.17, 15) is 8.78 Å². The topological polar surface area (TPSA) is 0 Å². The van der Waals surface area contributed by atoms with E-state index in [4.69, 9.17) is 0 Å². The maximum Gasteiger partial charge on any atom is 0.159 e. The molecule has 2 heteroatoms. The van der Waals surface area contributed by atoms with Crippen LogP contribution in [0.4, 0.5) is 8.78 Å². The van der Waals surface area contributed by atoms with E-state index >= 15 is 0 Å². The van der Waals surface area contributed by atoms with Gasteiger partial charge in [0.15, 0.2) is 11.6 Å². The monoisotopic (exact) mass is 418 g/mol. The van der Waals surface area contributed by atoms with Gasteiger partial charge in [-0.2, -0.15) is 0 Å². The lowest BCUT2D eigenvalue weighted by Gasteiger charge is -2.30. The van der Waals surface area contributed by atoms with E-state index in [1.165, 1.54) is 60.9 Å². The van der Waals surface area contributed by atoms with Gasteiger partial charge in [0.05, 0.1) is 0 Å². The quantitative estimate of drug-likeness (QED) is 0.362. The van der Waals surface area contributed by atoms with Gasteiger partial charge in [-0.1, -0.05) is 67.6 Å². The summed E-state index contributed by atoms with van der Waals surface area (Å²) in [6, 6.07) is 24.0. The number of aryl methyl sites for hydroxylation is 2. The fourth-order valence-electron chi connectivity index (χ4n) is 5.09. The minimum absolute atomic E-state index is 0.636. The molecule has 1 aliphatic rings. The van der Waals surface area contributed by atoms with Crippen molar-refractivity contribution in [1.29, 1.82) is 0 Å². The van der Waals surface area contributed by atoms with Gasteiger partial charge in [0.25, 0.3) is 0 Å². The lowest BCUT2D eigenvalue weighted by molar-refractivity contribution is 0.297. The Hall–Kier alpha value is -2.48. The van der Waals surface area contributed by atoms with Gasteiger partial charge < -0.3 is 0 Å². The minimum atomic E-state index is -0.780. The van der Waals surface area contributed by atoms with Crippen LogP contribution in [0.1, 0.15) is 73.1 Å². The van der Waals surface area contributed by atoms with Crippen molar-refractivity contribution in [3.8, 4) is 0 Å². The molecule has 0 aliphatic heterocycles. The molecule has 0 aromatic heterocycles. The van der Waals surface area contributed by atoms with Crippen LogP contribution in [0.25, 0.3) is 0 Å². The van der Waals surface area contributed by atoms with Crippen molar-refractivity contribution < 1.29 is 8.78 Å². The summed E-state index contributed by atoms with van der Waals surface area (Å²) in [6.45, 7) is 2.36. The fourth-order valence-corrected chi connectivity index (χ4v) is 5.09. The molecule has 1 aliphatic carbocycles. The molecule has 0 saturated heterocycles. The van der Waals surface area contributed by atoms with Crippen LogP contribution in [0, 0.1) is 17.6 Å². The van der Waals surface area contributed by atoms with E-state index < -0.39 is 11.6 Å². The maximum atomic E-state index is 13.4. The predicted molar refractivity (Wildman–Crippen MR) is 124 cm³/mol. The Kier molecular flexibility index (Phi) is 7.17. The van der Waals surface area contributed by atoms with Gasteiger partial charge in [0.2, 0.25) is 0 Å². The van der Waals surface area contributed by atoms with Crippen LogP contribution < -0.4 is 0 Å². The molecule has 0 unspecified atom stereocenters. The Bertz CT molecular complexity index is 954. The smallest absolute Gasteiger partial charge is 0.159 e. The molecule has 1 saturated carbocycles. The van der Waals surface area contributed by atoms with E-state index in [2.05, 4.69) is 61.5 Å². The molecule has 1 fully saturated rings. The molecule has 0 bridgehead atoms. The van der Waals surface area contributed by atoms with Crippen molar-refractivity contribution >= 4 is 0 Å². The molecule has 3 aromatic carbocycles. The number of rotatable bonds is 7. The van der Waals surface area contributed by atoms with E-state index in [0.29, 0.717) is 11.8 Å². The molecule has 3 aromatic rings. The van der Waals surface area contributed by atoms with Crippen molar-refractivity contribution in [3.05, 3.63) is 107 Å². The normalized spacial score (nSPS) is 19.8. The van der Waals surface area contributed by atoms with Crippen molar-refractivity contribution in [2.45, 2.75) is 63.7 Å². The van der Waals surface area contributed by atoms with Gasteiger partial charge in [-0.05, 0) is 97.1 Å². The molecule has 1 atom stereocenters. The molecule has 0 nitrogen and oxygen atoms in total. The van der Waals surface area contributed by atoms with Gasteiger partial charge in [0.1, 0.15) is 0 Å². The fraction of sp³-hybridized carbons (Fsp3) is 0.379. The van der Waals surface area contributed by atoms with E-state index in [0.717, 1.165) is 24.3 Å². The summed E-state index contributed by atoms with van der Waals surface area (Å²) in [5.41, 5.74) is 5.00. The lowest BCUT2D eigenvalue weighted by atomic mass is 9.75. The van der Waals surface area contributed by atoms with Crippen molar-refractivity contribution in [3.63, 3.8) is 0 Å². The summed E-state index contributed by atoms with van der Waals surface area (Å²) in [6.07, 6.45) is 8.05. The zero-order valence-electron chi connectivity index (χ0n) is 18.4. The van der Waals surface area contributed by atoms with E-state index in [1.54, 1.807) is 6.07 Å². The number of halogens is 2. The first-order valence-electron chi connectivity index (χ1n) is 11.7. The Morgan fingerprint density at radius 2 is 1.39 bits per heavy atom. The van der Waals surface area contributed by atoms with Crippen LogP contribution in [0.5, 0.6) is 0 Å². The first kappa shape index (κ1) is 21.7. The summed E-state index contributed by atoms with van der Waals surface area (Å²) in [5, 5.41) is 0. The first-order valence-corrected chi connectivity index (χ1v) is 11.7. The largest absolute Gasteiger partial charge is 0.204 e. The molecule has 162 valence electrons. The summed E-state index contributed by atoms with van der Waals surface area (Å²) in [5.74, 6) is 0.598. The molecule has 0 spiro atoms. The highest BCUT2D eigenvalue weighted by Crippen LogP contribution is 2.39. The number of benzene rings is 3. The van der Waals surface area contributed by atoms with Crippen LogP contribution in [-0.4, -0.2) is 0 Å². The molecule has 0 heterocycles. The number of hydrogen-bond acceptors (Lipinski definition) is 0. The van der Waals surface area contributed by atoms with Crippen molar-refractivity contribution in [2.24, 2.45) is 5.92 Å². The molecular weight excluding hydrogens is 386 g/mol. The summed E-state index contributed by atoms with van der Waals surface area (Å²) < 4.78 is 26.4. The standard InChI is InChI=1S/C29H32F2/c1-21(25-5-3-2-4-6-25)19-23-11-16-27(17-12-23)26-14-9-22(10-15-26)7-8-24-13-18-28(30)29(31)20-24/h2-6,9-10,13-15,18,20-21,23,27H,7-8,11-12,16-17,19H2,1H3/t21-,23?,27?/m0/s1. The predicted octanol–water partition coefficient (Wildman–Crippen LogP) is 8.22. The van der Waals surface area contributed by atoms with Gasteiger partial charge in [-0.25, -0.2) is 8.78 Å². The van der Waals surface area contributed by atoms with Crippen LogP contribution in [0.2, 0.25) is 0 Å². The molecule has 0 amide bonds. The second-order valence-corrected chi connectivity index (χ2v) is 9.26. The Morgan fingerprint density at radius 1 is 0.742 bits per heavy atom. The molecule has 0 N–H and O–H groups in total. The van der Waals surface area contributed by atoms with E-state index in [-0.39, 0.29) is 0 Å². The number of hydrogen-bond donors (Lipinski definition) is 0. The van der Waals surface area contributed by atoms with E-state index in [1.807, 2.05) is 0 Å². The lowest BCUT2D eigenvalue weighted by Crippen LogP contribution is -2.15. The summed E-state index contributed by atoms with van der Waals surface area (Å²) >= 11 is 0. The average molecular weight is 419 g/mol. The van der Waals surface area contributed by atoms with Gasteiger partial charge >= 0.3 is 0 Å². The maximum absolute atomic E-state index is 13.4. The average Bonchev–Trinajstić information content (AvgIpc) is 2.81. The van der Waals surface area contributed by atoms with Crippen LogP contribution in [0.3, 0.4) is 0 Å². The third-order valence-electron chi connectivity index (χ3n) is 7.04. The highest BCUT2D eigenvalue weighted by Gasteiger charge is 2.24. The first-order chi connectivity index (χ1) is 15.1. The summed E-state index contributed by atoms with van der Waals surface area (Å²) in [7, 11) is 0. The molecular formula is C29H32F2. The molecule has 31 heavy (non-hydrogen) atoms. The van der Waals surface area contributed by atoms with Crippen LogP contribution >= 0.6 is 0 Å². The Morgan fingerprint density at radius 3 is 2.06 bits per heavy atom.